The first-order valence-electron chi connectivity index (χ1n) is 9.65. The summed E-state index contributed by atoms with van der Waals surface area (Å²) in [7, 11) is 0. The van der Waals surface area contributed by atoms with Crippen LogP contribution in [0.15, 0.2) is 88.1 Å². The van der Waals surface area contributed by atoms with E-state index < -0.39 is 5.82 Å². The number of para-hydroxylation sites is 2. The molecule has 0 N–H and O–H groups in total. The van der Waals surface area contributed by atoms with Crippen molar-refractivity contribution in [1.82, 2.24) is 4.98 Å². The fraction of sp³-hybridized carbons (Fsp3) is 0. The van der Waals surface area contributed by atoms with Crippen LogP contribution in [0.25, 0.3) is 45.5 Å². The molecule has 2 aromatic heterocycles. The molecule has 0 atom stereocenters. The van der Waals surface area contributed by atoms with Crippen molar-refractivity contribution < 1.29 is 8.81 Å². The molecule has 0 aliphatic carbocycles. The van der Waals surface area contributed by atoms with Crippen LogP contribution in [-0.4, -0.2) is 4.98 Å². The maximum absolute atomic E-state index is 14.2. The largest absolute Gasteiger partial charge is 0.454 e. The fourth-order valence-electron chi connectivity index (χ4n) is 3.54. The highest BCUT2D eigenvalue weighted by Crippen LogP contribution is 2.28. The number of benzene rings is 3. The molecule has 0 radical (unpaired) electrons. The number of nitrogens with zero attached hydrogens (tertiary/aromatic N) is 1. The summed E-state index contributed by atoms with van der Waals surface area (Å²) >= 11 is 6.16. The van der Waals surface area contributed by atoms with Crippen molar-refractivity contribution in [2.24, 2.45) is 0 Å². The topological polar surface area (TPSA) is 43.1 Å². The van der Waals surface area contributed by atoms with Gasteiger partial charge >= 0.3 is 0 Å². The minimum Gasteiger partial charge on any atom is -0.454 e. The zero-order valence-electron chi connectivity index (χ0n) is 16.2. The number of pyridine rings is 1. The summed E-state index contributed by atoms with van der Waals surface area (Å²) in [6.45, 7) is 0. The Bertz CT molecular complexity index is 1520. The van der Waals surface area contributed by atoms with E-state index in [1.54, 1.807) is 42.5 Å². The lowest BCUT2D eigenvalue weighted by atomic mass is 10.0. The highest BCUT2D eigenvalue weighted by atomic mass is 35.5. The van der Waals surface area contributed by atoms with Gasteiger partial charge in [-0.2, -0.15) is 0 Å². The third-order valence-electron chi connectivity index (χ3n) is 5.06. The molecule has 0 amide bonds. The smallest absolute Gasteiger partial charge is 0.193 e. The molecule has 5 rings (SSSR count). The van der Waals surface area contributed by atoms with E-state index in [9.17, 15) is 9.18 Å². The summed E-state index contributed by atoms with van der Waals surface area (Å²) in [5.41, 5.74) is 2.72. The van der Waals surface area contributed by atoms with Crippen molar-refractivity contribution in [1.29, 1.82) is 0 Å². The highest BCUT2D eigenvalue weighted by Gasteiger charge is 2.11. The van der Waals surface area contributed by atoms with E-state index in [-0.39, 0.29) is 5.43 Å². The first kappa shape index (κ1) is 19.2. The van der Waals surface area contributed by atoms with Crippen LogP contribution in [0.1, 0.15) is 11.1 Å². The van der Waals surface area contributed by atoms with Crippen molar-refractivity contribution in [2.45, 2.75) is 0 Å². The molecule has 0 bridgehead atoms. The van der Waals surface area contributed by atoms with Crippen LogP contribution in [0.4, 0.5) is 4.39 Å². The third-order valence-corrected chi connectivity index (χ3v) is 5.39. The number of aromatic nitrogens is 1. The Balaban J connectivity index is 1.70. The van der Waals surface area contributed by atoms with E-state index in [1.807, 2.05) is 36.4 Å². The molecule has 0 saturated heterocycles. The average molecular weight is 428 g/mol. The van der Waals surface area contributed by atoms with E-state index in [1.165, 1.54) is 12.1 Å². The van der Waals surface area contributed by atoms with Gasteiger partial charge in [-0.15, -0.1) is 0 Å². The van der Waals surface area contributed by atoms with E-state index in [2.05, 4.69) is 4.98 Å². The van der Waals surface area contributed by atoms with Gasteiger partial charge in [-0.25, -0.2) is 9.37 Å². The number of fused-ring (bicyclic) bond motifs is 2. The summed E-state index contributed by atoms with van der Waals surface area (Å²) in [6.07, 6.45) is 3.43. The van der Waals surface area contributed by atoms with Crippen LogP contribution in [0.5, 0.6) is 0 Å². The van der Waals surface area contributed by atoms with Crippen LogP contribution in [0.2, 0.25) is 5.02 Å². The Morgan fingerprint density at radius 1 is 0.871 bits per heavy atom. The zero-order valence-corrected chi connectivity index (χ0v) is 16.9. The molecule has 5 aromatic rings. The Morgan fingerprint density at radius 3 is 2.48 bits per heavy atom. The highest BCUT2D eigenvalue weighted by molar-refractivity contribution is 6.32. The lowest BCUT2D eigenvalue weighted by Crippen LogP contribution is -2.01. The molecule has 2 heterocycles. The van der Waals surface area contributed by atoms with Crippen molar-refractivity contribution in [3.63, 3.8) is 0 Å². The van der Waals surface area contributed by atoms with Crippen molar-refractivity contribution >= 4 is 45.6 Å². The normalized spacial score (nSPS) is 11.5. The fourth-order valence-corrected chi connectivity index (χ4v) is 3.77. The standard InChI is InChI=1S/C26H15ClFNO2/c27-20-8-5-9-21(28)18(20)13-12-16-14-23(29-22-10-3-1-6-17(16)22)26-15-24(30)19-7-2-4-11-25(19)31-26/h1-15H/b13-12+. The lowest BCUT2D eigenvalue weighted by Gasteiger charge is -2.08. The molecule has 31 heavy (non-hydrogen) atoms. The molecule has 0 fully saturated rings. The lowest BCUT2D eigenvalue weighted by molar-refractivity contribution is 0.616. The van der Waals surface area contributed by atoms with Gasteiger partial charge < -0.3 is 4.42 Å². The molecule has 0 aliphatic rings. The molecule has 0 saturated carbocycles. The van der Waals surface area contributed by atoms with Gasteiger partial charge in [0, 0.05) is 17.0 Å². The molecule has 3 aromatic carbocycles. The van der Waals surface area contributed by atoms with Gasteiger partial charge in [0.2, 0.25) is 0 Å². The Labute approximate surface area is 182 Å². The summed E-state index contributed by atoms with van der Waals surface area (Å²) < 4.78 is 20.2. The number of hydrogen-bond donors (Lipinski definition) is 0. The predicted octanol–water partition coefficient (Wildman–Crippen LogP) is 6.97. The minimum atomic E-state index is -0.400. The molecule has 0 aliphatic heterocycles. The third kappa shape index (κ3) is 3.62. The van der Waals surface area contributed by atoms with Crippen molar-refractivity contribution in [2.75, 3.05) is 0 Å². The van der Waals surface area contributed by atoms with Crippen LogP contribution in [-0.2, 0) is 0 Å². The first-order valence-corrected chi connectivity index (χ1v) is 10.0. The average Bonchev–Trinajstić information content (AvgIpc) is 2.78. The molecule has 3 nitrogen and oxygen atoms in total. The van der Waals surface area contributed by atoms with E-state index in [0.717, 1.165) is 16.5 Å². The second-order valence-corrected chi connectivity index (χ2v) is 7.46. The summed E-state index contributed by atoms with van der Waals surface area (Å²) in [5, 5.41) is 1.73. The Kier molecular flexibility index (Phi) is 4.85. The number of hydrogen-bond acceptors (Lipinski definition) is 3. The SMILES string of the molecule is O=c1cc(-c2cc(/C=C/c3c(F)cccc3Cl)c3ccccc3n2)oc2ccccc12. The molecule has 150 valence electrons. The molecule has 0 spiro atoms. The predicted molar refractivity (Wildman–Crippen MR) is 124 cm³/mol. The van der Waals surface area contributed by atoms with Gasteiger partial charge in [-0.05, 0) is 48.0 Å². The van der Waals surface area contributed by atoms with Gasteiger partial charge in [0.05, 0.1) is 15.9 Å². The van der Waals surface area contributed by atoms with Crippen LogP contribution in [0, 0.1) is 5.82 Å². The van der Waals surface area contributed by atoms with Gasteiger partial charge in [0.25, 0.3) is 0 Å². The van der Waals surface area contributed by atoms with Crippen molar-refractivity contribution in [3.8, 4) is 11.5 Å². The van der Waals surface area contributed by atoms with Crippen LogP contribution < -0.4 is 5.43 Å². The maximum Gasteiger partial charge on any atom is 0.193 e. The van der Waals surface area contributed by atoms with Gasteiger partial charge in [-0.1, -0.05) is 54.1 Å². The van der Waals surface area contributed by atoms with E-state index in [4.69, 9.17) is 16.0 Å². The molecule has 5 heteroatoms. The van der Waals surface area contributed by atoms with Crippen LogP contribution in [0.3, 0.4) is 0 Å². The quantitative estimate of drug-likeness (QED) is 0.312. The summed E-state index contributed by atoms with van der Waals surface area (Å²) in [4.78, 5) is 17.2. The second-order valence-electron chi connectivity index (χ2n) is 7.05. The van der Waals surface area contributed by atoms with Gasteiger partial charge in [0.1, 0.15) is 17.1 Å². The summed E-state index contributed by atoms with van der Waals surface area (Å²) in [6, 6.07) is 22.5. The van der Waals surface area contributed by atoms with Crippen molar-refractivity contribution in [3.05, 3.63) is 111 Å². The molecular weight excluding hydrogens is 413 g/mol. The monoisotopic (exact) mass is 427 g/mol. The molecule has 0 unspecified atom stereocenters. The number of rotatable bonds is 3. The van der Waals surface area contributed by atoms with Gasteiger partial charge in [-0.3, -0.25) is 4.79 Å². The van der Waals surface area contributed by atoms with Gasteiger partial charge in [0.15, 0.2) is 11.2 Å². The maximum atomic E-state index is 14.2. The zero-order chi connectivity index (χ0) is 21.4. The summed E-state index contributed by atoms with van der Waals surface area (Å²) in [5.74, 6) is -0.0316. The number of halogens is 2. The first-order chi connectivity index (χ1) is 15.1. The Morgan fingerprint density at radius 2 is 1.65 bits per heavy atom. The minimum absolute atomic E-state index is 0.137. The van der Waals surface area contributed by atoms with E-state index in [0.29, 0.717) is 33.0 Å². The second kappa shape index (κ2) is 7.82. The van der Waals surface area contributed by atoms with Crippen LogP contribution >= 0.6 is 11.6 Å². The van der Waals surface area contributed by atoms with E-state index >= 15 is 0 Å². The molecular formula is C26H15ClFNO2. The Hall–Kier alpha value is -3.76.